The van der Waals surface area contributed by atoms with E-state index < -0.39 is 0 Å². The lowest BCUT2D eigenvalue weighted by atomic mass is 9.81. The van der Waals surface area contributed by atoms with Crippen LogP contribution < -0.4 is 5.73 Å². The molecule has 1 nitrogen and oxygen atoms in total. The van der Waals surface area contributed by atoms with Crippen molar-refractivity contribution in [3.05, 3.63) is 33.8 Å². The molecule has 0 fully saturated rings. The van der Waals surface area contributed by atoms with Crippen molar-refractivity contribution in [1.82, 2.24) is 0 Å². The van der Waals surface area contributed by atoms with Crippen LogP contribution in [0.5, 0.6) is 0 Å². The summed E-state index contributed by atoms with van der Waals surface area (Å²) in [7, 11) is 0. The summed E-state index contributed by atoms with van der Waals surface area (Å²) in [6.07, 6.45) is 2.33. The Labute approximate surface area is 87.5 Å². The molecule has 0 saturated carbocycles. The van der Waals surface area contributed by atoms with E-state index in [0.717, 1.165) is 10.9 Å². The van der Waals surface area contributed by atoms with Gasteiger partial charge in [-0.1, -0.05) is 28.9 Å². The number of rotatable bonds is 0. The van der Waals surface area contributed by atoms with E-state index in [0.29, 0.717) is 5.92 Å². The Bertz CT molecular complexity index is 322. The maximum atomic E-state index is 6.06. The van der Waals surface area contributed by atoms with Gasteiger partial charge in [0, 0.05) is 10.5 Å². The highest BCUT2D eigenvalue weighted by atomic mass is 79.9. The molecule has 1 aliphatic rings. The summed E-state index contributed by atoms with van der Waals surface area (Å²) in [5, 5.41) is 0. The summed E-state index contributed by atoms with van der Waals surface area (Å²) in [5.41, 5.74) is 8.82. The molecular formula is C11H14BrN. The zero-order valence-corrected chi connectivity index (χ0v) is 9.34. The number of nitrogens with two attached hydrogens (primary N) is 1. The molecule has 70 valence electrons. The Morgan fingerprint density at radius 3 is 2.85 bits per heavy atom. The van der Waals surface area contributed by atoms with E-state index in [1.54, 1.807) is 0 Å². The average Bonchev–Trinajstić information content (AvgIpc) is 2.12. The van der Waals surface area contributed by atoms with Gasteiger partial charge in [-0.3, -0.25) is 0 Å². The van der Waals surface area contributed by atoms with Gasteiger partial charge in [0.2, 0.25) is 0 Å². The number of benzene rings is 1. The monoisotopic (exact) mass is 239 g/mol. The highest BCUT2D eigenvalue weighted by molar-refractivity contribution is 9.10. The molecule has 13 heavy (non-hydrogen) atoms. The molecule has 0 bridgehead atoms. The minimum atomic E-state index is 0.240. The first-order chi connectivity index (χ1) is 6.18. The number of hydrogen-bond donors (Lipinski definition) is 1. The van der Waals surface area contributed by atoms with Crippen molar-refractivity contribution in [3.8, 4) is 0 Å². The Balaban J connectivity index is 2.50. The van der Waals surface area contributed by atoms with E-state index in [4.69, 9.17) is 5.73 Å². The highest BCUT2D eigenvalue weighted by Gasteiger charge is 2.21. The van der Waals surface area contributed by atoms with E-state index in [2.05, 4.69) is 41.1 Å². The lowest BCUT2D eigenvalue weighted by molar-refractivity contribution is 0.513. The summed E-state index contributed by atoms with van der Waals surface area (Å²) in [6, 6.07) is 6.70. The van der Waals surface area contributed by atoms with Crippen LogP contribution >= 0.6 is 15.9 Å². The van der Waals surface area contributed by atoms with E-state index in [1.807, 2.05) is 0 Å². The molecule has 0 spiro atoms. The van der Waals surface area contributed by atoms with Gasteiger partial charge in [0.15, 0.2) is 0 Å². The number of fused-ring (bicyclic) bond motifs is 1. The standard InChI is InChI=1S/C11H14BrN/c1-7-2-5-11(13)10-6-8(12)3-4-9(7)10/h3-4,6-7,11H,2,5,13H2,1H3/t7?,11-/m1/s1. The molecule has 0 saturated heterocycles. The van der Waals surface area contributed by atoms with Crippen molar-refractivity contribution in [1.29, 1.82) is 0 Å². The van der Waals surface area contributed by atoms with E-state index in [1.165, 1.54) is 17.5 Å². The fourth-order valence-corrected chi connectivity index (χ4v) is 2.43. The molecule has 2 atom stereocenters. The van der Waals surface area contributed by atoms with Crippen LogP contribution in [0.25, 0.3) is 0 Å². The summed E-state index contributed by atoms with van der Waals surface area (Å²) in [6.45, 7) is 2.28. The fraction of sp³-hybridized carbons (Fsp3) is 0.455. The normalized spacial score (nSPS) is 27.0. The molecule has 2 heteroatoms. The van der Waals surface area contributed by atoms with Crippen LogP contribution in [-0.2, 0) is 0 Å². The van der Waals surface area contributed by atoms with Gasteiger partial charge in [-0.2, -0.15) is 0 Å². The van der Waals surface area contributed by atoms with Crippen molar-refractivity contribution >= 4 is 15.9 Å². The molecule has 0 aromatic heterocycles. The Kier molecular flexibility index (Phi) is 2.43. The summed E-state index contributed by atoms with van der Waals surface area (Å²) in [4.78, 5) is 0. The molecule has 0 heterocycles. The van der Waals surface area contributed by atoms with Crippen molar-refractivity contribution < 1.29 is 0 Å². The predicted octanol–water partition coefficient (Wildman–Crippen LogP) is 3.35. The summed E-state index contributed by atoms with van der Waals surface area (Å²) >= 11 is 3.48. The van der Waals surface area contributed by atoms with E-state index in [-0.39, 0.29) is 6.04 Å². The molecule has 1 aromatic rings. The molecule has 0 aliphatic heterocycles. The molecule has 0 radical (unpaired) electrons. The van der Waals surface area contributed by atoms with Crippen LogP contribution in [0.15, 0.2) is 22.7 Å². The van der Waals surface area contributed by atoms with Gasteiger partial charge in [-0.05, 0) is 42.0 Å². The maximum Gasteiger partial charge on any atom is 0.0298 e. The minimum Gasteiger partial charge on any atom is -0.324 e. The molecule has 0 amide bonds. The van der Waals surface area contributed by atoms with Crippen molar-refractivity contribution in [2.45, 2.75) is 31.7 Å². The summed E-state index contributed by atoms with van der Waals surface area (Å²) in [5.74, 6) is 0.669. The summed E-state index contributed by atoms with van der Waals surface area (Å²) < 4.78 is 1.14. The second-order valence-electron chi connectivity index (χ2n) is 3.86. The number of hydrogen-bond acceptors (Lipinski definition) is 1. The molecule has 2 rings (SSSR count). The van der Waals surface area contributed by atoms with Crippen LogP contribution in [0.1, 0.15) is 42.9 Å². The lowest BCUT2D eigenvalue weighted by Crippen LogP contribution is -2.19. The number of halogens is 1. The van der Waals surface area contributed by atoms with Crippen LogP contribution in [0, 0.1) is 0 Å². The molecule has 1 aliphatic carbocycles. The lowest BCUT2D eigenvalue weighted by Gasteiger charge is -2.27. The van der Waals surface area contributed by atoms with Gasteiger partial charge in [0.25, 0.3) is 0 Å². The van der Waals surface area contributed by atoms with Crippen molar-refractivity contribution in [3.63, 3.8) is 0 Å². The molecule has 1 aromatic carbocycles. The third kappa shape index (κ3) is 1.65. The first-order valence-corrected chi connectivity index (χ1v) is 5.52. The zero-order chi connectivity index (χ0) is 9.42. The van der Waals surface area contributed by atoms with Gasteiger partial charge < -0.3 is 5.73 Å². The average molecular weight is 240 g/mol. The van der Waals surface area contributed by atoms with Gasteiger partial charge >= 0.3 is 0 Å². The maximum absolute atomic E-state index is 6.06. The Morgan fingerprint density at radius 1 is 1.31 bits per heavy atom. The second-order valence-corrected chi connectivity index (χ2v) is 4.77. The van der Waals surface area contributed by atoms with Crippen molar-refractivity contribution in [2.75, 3.05) is 0 Å². The zero-order valence-electron chi connectivity index (χ0n) is 7.76. The fourth-order valence-electron chi connectivity index (χ4n) is 2.06. The minimum absolute atomic E-state index is 0.240. The SMILES string of the molecule is CC1CC[C@@H](N)c2cc(Br)ccc21. The van der Waals surface area contributed by atoms with E-state index in [9.17, 15) is 0 Å². The van der Waals surface area contributed by atoms with Crippen LogP contribution in [0.3, 0.4) is 0 Å². The highest BCUT2D eigenvalue weighted by Crippen LogP contribution is 2.37. The van der Waals surface area contributed by atoms with E-state index >= 15 is 0 Å². The smallest absolute Gasteiger partial charge is 0.0298 e. The Hall–Kier alpha value is -0.340. The molecule has 1 unspecified atom stereocenters. The van der Waals surface area contributed by atoms with Crippen LogP contribution in [0.2, 0.25) is 0 Å². The molecule has 2 N–H and O–H groups in total. The quantitative estimate of drug-likeness (QED) is 0.739. The van der Waals surface area contributed by atoms with Gasteiger partial charge in [-0.25, -0.2) is 0 Å². The van der Waals surface area contributed by atoms with Crippen LogP contribution in [-0.4, -0.2) is 0 Å². The second kappa shape index (κ2) is 3.43. The first kappa shape index (κ1) is 9.22. The molecular weight excluding hydrogens is 226 g/mol. The third-order valence-corrected chi connectivity index (χ3v) is 3.38. The first-order valence-electron chi connectivity index (χ1n) is 4.73. The van der Waals surface area contributed by atoms with Crippen LogP contribution in [0.4, 0.5) is 0 Å². The Morgan fingerprint density at radius 2 is 2.08 bits per heavy atom. The predicted molar refractivity (Wildman–Crippen MR) is 58.7 cm³/mol. The third-order valence-electron chi connectivity index (χ3n) is 2.89. The van der Waals surface area contributed by atoms with Crippen molar-refractivity contribution in [2.24, 2.45) is 5.73 Å². The van der Waals surface area contributed by atoms with Gasteiger partial charge in [0.05, 0.1) is 0 Å². The van der Waals surface area contributed by atoms with Gasteiger partial charge in [0.1, 0.15) is 0 Å². The van der Waals surface area contributed by atoms with Gasteiger partial charge in [-0.15, -0.1) is 0 Å². The largest absolute Gasteiger partial charge is 0.324 e. The topological polar surface area (TPSA) is 26.0 Å².